The minimum atomic E-state index is 0. The Balaban J connectivity index is 0.00000261. The number of nitrogens with one attached hydrogen (secondary N) is 2. The number of benzene rings is 1. The van der Waals surface area contributed by atoms with E-state index in [1.165, 1.54) is 5.56 Å². The second-order valence-electron chi connectivity index (χ2n) is 5.82. The first kappa shape index (κ1) is 20.9. The van der Waals surface area contributed by atoms with Gasteiger partial charge >= 0.3 is 0 Å². The van der Waals surface area contributed by atoms with Crippen LogP contribution in [0.1, 0.15) is 24.0 Å². The highest BCUT2D eigenvalue weighted by atomic mass is 127. The average molecular weight is 481 g/mol. The normalized spacial score (nSPS) is 11.1. The predicted molar refractivity (Wildman–Crippen MR) is 115 cm³/mol. The lowest BCUT2D eigenvalue weighted by Crippen LogP contribution is -2.37. The van der Waals surface area contributed by atoms with E-state index in [4.69, 9.17) is 4.42 Å². The fraction of sp³-hybridized carbons (Fsp3) is 0.333. The molecule has 0 spiro atoms. The van der Waals surface area contributed by atoms with E-state index >= 15 is 0 Å². The molecular formula is C18H24IN7O. The van der Waals surface area contributed by atoms with E-state index < -0.39 is 0 Å². The Hall–Kier alpha value is -2.43. The van der Waals surface area contributed by atoms with Crippen LogP contribution in [-0.2, 0) is 19.6 Å². The Labute approximate surface area is 175 Å². The van der Waals surface area contributed by atoms with Crippen LogP contribution in [0.4, 0.5) is 0 Å². The monoisotopic (exact) mass is 481 g/mol. The summed E-state index contributed by atoms with van der Waals surface area (Å²) >= 11 is 0. The SMILES string of the molecule is CCn1cnnc1CNC(=NC)NCc1coc(-c2ccc(C)cc2)n1.I. The van der Waals surface area contributed by atoms with Crippen LogP contribution in [0, 0.1) is 6.92 Å². The molecule has 3 aromatic rings. The molecular weight excluding hydrogens is 457 g/mol. The van der Waals surface area contributed by atoms with Crippen molar-refractivity contribution in [2.75, 3.05) is 7.05 Å². The summed E-state index contributed by atoms with van der Waals surface area (Å²) in [5, 5.41) is 14.4. The summed E-state index contributed by atoms with van der Waals surface area (Å²) in [4.78, 5) is 8.73. The van der Waals surface area contributed by atoms with Crippen molar-refractivity contribution in [2.45, 2.75) is 33.5 Å². The maximum absolute atomic E-state index is 5.57. The third-order valence-electron chi connectivity index (χ3n) is 3.96. The van der Waals surface area contributed by atoms with Gasteiger partial charge in [-0.1, -0.05) is 17.7 Å². The first-order chi connectivity index (χ1) is 12.7. The number of guanidine groups is 1. The van der Waals surface area contributed by atoms with Gasteiger partial charge in [0.05, 0.1) is 18.8 Å². The minimum Gasteiger partial charge on any atom is -0.444 e. The van der Waals surface area contributed by atoms with E-state index in [0.717, 1.165) is 23.6 Å². The molecule has 2 heterocycles. The molecule has 0 saturated heterocycles. The average Bonchev–Trinajstić information content (AvgIpc) is 3.31. The first-order valence-electron chi connectivity index (χ1n) is 8.52. The van der Waals surface area contributed by atoms with Gasteiger partial charge in [0.2, 0.25) is 5.89 Å². The lowest BCUT2D eigenvalue weighted by molar-refractivity contribution is 0.572. The van der Waals surface area contributed by atoms with Gasteiger partial charge in [-0.25, -0.2) is 4.98 Å². The molecule has 144 valence electrons. The fourth-order valence-corrected chi connectivity index (χ4v) is 2.45. The Morgan fingerprint density at radius 1 is 1.19 bits per heavy atom. The molecule has 2 N–H and O–H groups in total. The molecule has 2 aromatic heterocycles. The highest BCUT2D eigenvalue weighted by molar-refractivity contribution is 14.0. The third-order valence-corrected chi connectivity index (χ3v) is 3.96. The molecule has 0 aliphatic rings. The van der Waals surface area contributed by atoms with E-state index in [2.05, 4.69) is 44.7 Å². The molecule has 0 fully saturated rings. The number of hydrogen-bond acceptors (Lipinski definition) is 5. The van der Waals surface area contributed by atoms with Crippen molar-refractivity contribution >= 4 is 29.9 Å². The molecule has 0 atom stereocenters. The number of rotatable bonds is 6. The standard InChI is InChI=1S/C18H23N7O.HI/c1-4-25-12-22-24-16(25)10-21-18(19-3)20-9-15-11-26-17(23-15)14-7-5-13(2)6-8-14;/h5-8,11-12H,4,9-10H2,1-3H3,(H2,19,20,21);1H. The maximum Gasteiger partial charge on any atom is 0.226 e. The second kappa shape index (κ2) is 10.0. The van der Waals surface area contributed by atoms with Crippen LogP contribution in [0.25, 0.3) is 11.5 Å². The van der Waals surface area contributed by atoms with E-state index in [1.807, 2.05) is 28.8 Å². The van der Waals surface area contributed by atoms with Crippen LogP contribution >= 0.6 is 24.0 Å². The van der Waals surface area contributed by atoms with E-state index in [0.29, 0.717) is 24.9 Å². The number of halogens is 1. The molecule has 0 unspecified atom stereocenters. The summed E-state index contributed by atoms with van der Waals surface area (Å²) in [6.45, 7) is 5.99. The Kier molecular flexibility index (Phi) is 7.77. The quantitative estimate of drug-likeness (QED) is 0.320. The number of hydrogen-bond donors (Lipinski definition) is 2. The van der Waals surface area contributed by atoms with Gasteiger partial charge in [-0.2, -0.15) is 0 Å². The van der Waals surface area contributed by atoms with Crippen LogP contribution in [0.2, 0.25) is 0 Å². The lowest BCUT2D eigenvalue weighted by Gasteiger charge is -2.10. The van der Waals surface area contributed by atoms with Crippen LogP contribution in [0.3, 0.4) is 0 Å². The zero-order chi connectivity index (χ0) is 18.4. The molecule has 9 heteroatoms. The third kappa shape index (κ3) is 5.52. The Bertz CT molecular complexity index is 870. The van der Waals surface area contributed by atoms with Crippen LogP contribution < -0.4 is 10.6 Å². The molecule has 0 bridgehead atoms. The van der Waals surface area contributed by atoms with E-state index in [-0.39, 0.29) is 24.0 Å². The number of aromatic nitrogens is 4. The van der Waals surface area contributed by atoms with Crippen molar-refractivity contribution in [3.63, 3.8) is 0 Å². The van der Waals surface area contributed by atoms with Crippen LogP contribution in [-0.4, -0.2) is 32.8 Å². The van der Waals surface area contributed by atoms with Crippen molar-refractivity contribution in [2.24, 2.45) is 4.99 Å². The van der Waals surface area contributed by atoms with Crippen molar-refractivity contribution < 1.29 is 4.42 Å². The van der Waals surface area contributed by atoms with Crippen molar-refractivity contribution in [3.05, 3.63) is 53.9 Å². The minimum absolute atomic E-state index is 0. The summed E-state index contributed by atoms with van der Waals surface area (Å²) in [5.74, 6) is 2.13. The van der Waals surface area contributed by atoms with Crippen molar-refractivity contribution in [1.29, 1.82) is 0 Å². The molecule has 27 heavy (non-hydrogen) atoms. The van der Waals surface area contributed by atoms with Gasteiger partial charge in [0.1, 0.15) is 12.6 Å². The molecule has 0 radical (unpaired) electrons. The largest absolute Gasteiger partial charge is 0.444 e. The molecule has 0 aliphatic carbocycles. The van der Waals surface area contributed by atoms with Gasteiger partial charge in [0.25, 0.3) is 0 Å². The highest BCUT2D eigenvalue weighted by Crippen LogP contribution is 2.18. The summed E-state index contributed by atoms with van der Waals surface area (Å²) in [5.41, 5.74) is 2.97. The Morgan fingerprint density at radius 3 is 2.63 bits per heavy atom. The highest BCUT2D eigenvalue weighted by Gasteiger charge is 2.08. The van der Waals surface area contributed by atoms with Crippen LogP contribution in [0.5, 0.6) is 0 Å². The second-order valence-corrected chi connectivity index (χ2v) is 5.82. The van der Waals surface area contributed by atoms with Gasteiger partial charge in [0.15, 0.2) is 11.8 Å². The lowest BCUT2D eigenvalue weighted by atomic mass is 10.1. The van der Waals surface area contributed by atoms with Crippen molar-refractivity contribution in [1.82, 2.24) is 30.4 Å². The summed E-state index contributed by atoms with van der Waals surface area (Å²) in [6, 6.07) is 8.09. The number of oxazole rings is 1. The van der Waals surface area contributed by atoms with Gasteiger partial charge < -0.3 is 19.6 Å². The molecule has 0 saturated carbocycles. The van der Waals surface area contributed by atoms with E-state index in [1.54, 1.807) is 19.6 Å². The summed E-state index contributed by atoms with van der Waals surface area (Å²) in [6.07, 6.45) is 3.37. The molecule has 1 aromatic carbocycles. The smallest absolute Gasteiger partial charge is 0.226 e. The van der Waals surface area contributed by atoms with Gasteiger partial charge in [-0.3, -0.25) is 4.99 Å². The molecule has 3 rings (SSSR count). The number of nitrogens with zero attached hydrogens (tertiary/aromatic N) is 5. The molecule has 8 nitrogen and oxygen atoms in total. The predicted octanol–water partition coefficient (Wildman–Crippen LogP) is 2.74. The molecule has 0 amide bonds. The zero-order valence-electron chi connectivity index (χ0n) is 15.6. The van der Waals surface area contributed by atoms with Crippen molar-refractivity contribution in [3.8, 4) is 11.5 Å². The Morgan fingerprint density at radius 2 is 1.93 bits per heavy atom. The number of aliphatic imine (C=N–C) groups is 1. The van der Waals surface area contributed by atoms with Gasteiger partial charge in [-0.05, 0) is 26.0 Å². The van der Waals surface area contributed by atoms with Crippen LogP contribution in [0.15, 0.2) is 46.3 Å². The summed E-state index contributed by atoms with van der Waals surface area (Å²) in [7, 11) is 1.72. The zero-order valence-corrected chi connectivity index (χ0v) is 18.0. The fourth-order valence-electron chi connectivity index (χ4n) is 2.45. The number of aryl methyl sites for hydroxylation is 2. The maximum atomic E-state index is 5.57. The first-order valence-corrected chi connectivity index (χ1v) is 8.52. The van der Waals surface area contributed by atoms with Gasteiger partial charge in [0, 0.05) is 19.2 Å². The van der Waals surface area contributed by atoms with Gasteiger partial charge in [-0.15, -0.1) is 34.2 Å². The molecule has 0 aliphatic heterocycles. The topological polar surface area (TPSA) is 93.2 Å². The van der Waals surface area contributed by atoms with E-state index in [9.17, 15) is 0 Å². The summed E-state index contributed by atoms with van der Waals surface area (Å²) < 4.78 is 7.55.